The maximum absolute atomic E-state index is 5.94. The lowest BCUT2D eigenvalue weighted by Gasteiger charge is -2.10. The highest BCUT2D eigenvalue weighted by Gasteiger charge is 2.04. The van der Waals surface area contributed by atoms with E-state index >= 15 is 0 Å². The zero-order valence-electron chi connectivity index (χ0n) is 32.3. The number of benzene rings is 2. The molecule has 0 aliphatic heterocycles. The van der Waals surface area contributed by atoms with Gasteiger partial charge in [-0.15, -0.1) is 0 Å². The van der Waals surface area contributed by atoms with E-state index in [4.69, 9.17) is 33.9 Å². The summed E-state index contributed by atoms with van der Waals surface area (Å²) in [6.45, 7) is 5.41. The second kappa shape index (κ2) is 31.7. The van der Waals surface area contributed by atoms with E-state index in [2.05, 4.69) is 55.6 Å². The molecule has 2 aromatic rings. The highest BCUT2D eigenvalue weighted by Crippen LogP contribution is 2.19. The average Bonchev–Trinajstić information content (AvgIpc) is 3.12. The Bertz CT molecular complexity index is 998. The fourth-order valence-corrected chi connectivity index (χ4v) is 6.96. The van der Waals surface area contributed by atoms with E-state index in [1.807, 2.05) is 12.1 Å². The van der Waals surface area contributed by atoms with Crippen molar-refractivity contribution in [3.05, 3.63) is 59.7 Å². The normalized spacial score (nSPS) is 11.1. The van der Waals surface area contributed by atoms with Crippen molar-refractivity contribution in [1.82, 2.24) is 5.32 Å². The highest BCUT2D eigenvalue weighted by molar-refractivity contribution is 7.80. The summed E-state index contributed by atoms with van der Waals surface area (Å²) in [5.74, 6) is 1.68. The summed E-state index contributed by atoms with van der Waals surface area (Å²) < 4.78 is 11.8. The molecule has 0 heterocycles. The molecule has 0 aromatic heterocycles. The van der Waals surface area contributed by atoms with E-state index in [1.54, 1.807) is 0 Å². The van der Waals surface area contributed by atoms with Crippen molar-refractivity contribution in [3.63, 3.8) is 0 Å². The molecular formula is C45H73NO2S2. The van der Waals surface area contributed by atoms with Crippen molar-refractivity contribution in [2.45, 2.75) is 194 Å². The van der Waals surface area contributed by atoms with E-state index in [-0.39, 0.29) is 0 Å². The van der Waals surface area contributed by atoms with Crippen molar-refractivity contribution in [1.29, 1.82) is 0 Å². The lowest BCUT2D eigenvalue weighted by atomic mass is 10.0. The highest BCUT2D eigenvalue weighted by atomic mass is 32.1. The molecule has 0 fully saturated rings. The zero-order chi connectivity index (χ0) is 35.7. The Morgan fingerprint density at radius 3 is 1.24 bits per heavy atom. The number of rotatable bonds is 32. The standard InChI is InChI=1S/C45H73NO2S2/c1-3-5-7-9-11-13-15-17-20-24-28-40-31-35-42(36-32-40)47-44(49)30-26-22-19-23-27-39-46-45(50)48-43-37-33-41(34-38-43)29-25-21-18-16-14-12-10-8-6-4-2/h31-38H,3-30,39H2,1-2H3,(H,46,50). The Morgan fingerprint density at radius 1 is 0.440 bits per heavy atom. The van der Waals surface area contributed by atoms with Gasteiger partial charge in [0.15, 0.2) is 5.05 Å². The minimum atomic E-state index is 0.460. The molecule has 0 saturated carbocycles. The molecular weight excluding hydrogens is 651 g/mol. The van der Waals surface area contributed by atoms with Gasteiger partial charge in [0.2, 0.25) is 0 Å². The van der Waals surface area contributed by atoms with Gasteiger partial charge in [0, 0.05) is 13.0 Å². The second-order valence-electron chi connectivity index (χ2n) is 14.5. The van der Waals surface area contributed by atoms with Gasteiger partial charge < -0.3 is 14.8 Å². The summed E-state index contributed by atoms with van der Waals surface area (Å²) in [7, 11) is 0. The summed E-state index contributed by atoms with van der Waals surface area (Å²) in [5.41, 5.74) is 2.78. The minimum absolute atomic E-state index is 0.460. The predicted octanol–water partition coefficient (Wildman–Crippen LogP) is 14.6. The second-order valence-corrected chi connectivity index (χ2v) is 15.3. The van der Waals surface area contributed by atoms with E-state index < -0.39 is 0 Å². The number of hydrogen-bond donors (Lipinski definition) is 1. The zero-order valence-corrected chi connectivity index (χ0v) is 33.9. The SMILES string of the molecule is CCCCCCCCCCCCc1ccc(OC(=S)CCCCCCCNC(=S)Oc2ccc(CCCCCCCCCCCC)cc2)cc1. The third-order valence-electron chi connectivity index (χ3n) is 9.75. The van der Waals surface area contributed by atoms with Crippen LogP contribution in [0.3, 0.4) is 0 Å². The lowest BCUT2D eigenvalue weighted by Crippen LogP contribution is -2.27. The number of aryl methyl sites for hydroxylation is 2. The van der Waals surface area contributed by atoms with Gasteiger partial charge in [0.05, 0.1) is 0 Å². The molecule has 0 aliphatic carbocycles. The maximum atomic E-state index is 5.94. The molecule has 0 spiro atoms. The summed E-state index contributed by atoms with van der Waals surface area (Å²) >= 11 is 10.9. The van der Waals surface area contributed by atoms with E-state index in [1.165, 1.54) is 146 Å². The predicted molar refractivity (Wildman–Crippen MR) is 226 cm³/mol. The average molecular weight is 724 g/mol. The smallest absolute Gasteiger partial charge is 0.262 e. The first kappa shape index (κ1) is 44.2. The van der Waals surface area contributed by atoms with Gasteiger partial charge in [-0.25, -0.2) is 0 Å². The number of thiocarbonyl (C=S) groups is 2. The summed E-state index contributed by atoms with van der Waals surface area (Å²) in [5, 5.41) is 4.41. The monoisotopic (exact) mass is 724 g/mol. The number of nitrogens with one attached hydrogen (secondary N) is 1. The summed E-state index contributed by atoms with van der Waals surface area (Å²) in [4.78, 5) is 0. The Kier molecular flexibility index (Phi) is 28.0. The number of ether oxygens (including phenoxy) is 2. The molecule has 0 atom stereocenters. The third kappa shape index (κ3) is 25.1. The van der Waals surface area contributed by atoms with Crippen molar-refractivity contribution in [2.24, 2.45) is 0 Å². The van der Waals surface area contributed by atoms with Crippen molar-refractivity contribution < 1.29 is 9.47 Å². The molecule has 0 aliphatic rings. The molecule has 0 unspecified atom stereocenters. The first-order valence-electron chi connectivity index (χ1n) is 20.9. The first-order valence-corrected chi connectivity index (χ1v) is 21.8. The Balaban J connectivity index is 1.40. The fraction of sp³-hybridized carbons (Fsp3) is 0.689. The molecule has 0 amide bonds. The van der Waals surface area contributed by atoms with Crippen molar-refractivity contribution in [2.75, 3.05) is 6.54 Å². The topological polar surface area (TPSA) is 30.5 Å². The fourth-order valence-electron chi connectivity index (χ4n) is 6.52. The van der Waals surface area contributed by atoms with Gasteiger partial charge in [-0.1, -0.05) is 173 Å². The molecule has 282 valence electrons. The van der Waals surface area contributed by atoms with Crippen LogP contribution in [0.5, 0.6) is 11.5 Å². The Hall–Kier alpha value is -1.98. The summed E-state index contributed by atoms with van der Waals surface area (Å²) in [6.07, 6.45) is 36.3. The minimum Gasteiger partial charge on any atom is -0.450 e. The van der Waals surface area contributed by atoms with Crippen LogP contribution in [0.2, 0.25) is 0 Å². The van der Waals surface area contributed by atoms with Gasteiger partial charge in [0.25, 0.3) is 5.17 Å². The van der Waals surface area contributed by atoms with E-state index in [9.17, 15) is 0 Å². The van der Waals surface area contributed by atoms with Crippen LogP contribution in [0.4, 0.5) is 0 Å². The number of unbranched alkanes of at least 4 members (excludes halogenated alkanes) is 22. The lowest BCUT2D eigenvalue weighted by molar-refractivity contribution is 0.519. The molecule has 0 radical (unpaired) electrons. The molecule has 2 rings (SSSR count). The molecule has 0 saturated heterocycles. The van der Waals surface area contributed by atoms with Crippen molar-refractivity contribution >= 4 is 34.7 Å². The molecule has 0 bridgehead atoms. The van der Waals surface area contributed by atoms with Gasteiger partial charge in [-0.05, 0) is 98.4 Å². The Labute approximate surface area is 319 Å². The number of hydrogen-bond acceptors (Lipinski definition) is 4. The molecule has 2 aromatic carbocycles. The molecule has 3 nitrogen and oxygen atoms in total. The van der Waals surface area contributed by atoms with E-state index in [0.717, 1.165) is 63.0 Å². The van der Waals surface area contributed by atoms with Crippen LogP contribution < -0.4 is 14.8 Å². The maximum Gasteiger partial charge on any atom is 0.262 e. The van der Waals surface area contributed by atoms with Crippen LogP contribution in [0.1, 0.15) is 192 Å². The molecule has 50 heavy (non-hydrogen) atoms. The van der Waals surface area contributed by atoms with Crippen LogP contribution in [-0.2, 0) is 12.8 Å². The third-order valence-corrected chi connectivity index (χ3v) is 10.3. The van der Waals surface area contributed by atoms with Gasteiger partial charge in [0.1, 0.15) is 11.5 Å². The Morgan fingerprint density at radius 2 is 0.800 bits per heavy atom. The van der Waals surface area contributed by atoms with E-state index in [0.29, 0.717) is 10.2 Å². The molecule has 1 N–H and O–H groups in total. The first-order chi connectivity index (χ1) is 24.6. The quantitative estimate of drug-likeness (QED) is 0.0600. The van der Waals surface area contributed by atoms with Crippen LogP contribution in [0.25, 0.3) is 0 Å². The largest absolute Gasteiger partial charge is 0.450 e. The van der Waals surface area contributed by atoms with Crippen molar-refractivity contribution in [3.8, 4) is 11.5 Å². The van der Waals surface area contributed by atoms with Gasteiger partial charge in [-0.2, -0.15) is 0 Å². The summed E-state index contributed by atoms with van der Waals surface area (Å²) in [6, 6.07) is 17.0. The van der Waals surface area contributed by atoms with Crippen LogP contribution in [0.15, 0.2) is 48.5 Å². The molecule has 5 heteroatoms. The van der Waals surface area contributed by atoms with Gasteiger partial charge in [-0.3, -0.25) is 0 Å². The van der Waals surface area contributed by atoms with Crippen LogP contribution in [0, 0.1) is 0 Å². The van der Waals surface area contributed by atoms with Crippen LogP contribution in [-0.4, -0.2) is 16.8 Å². The van der Waals surface area contributed by atoms with Crippen LogP contribution >= 0.6 is 24.4 Å². The van der Waals surface area contributed by atoms with Gasteiger partial charge >= 0.3 is 0 Å².